The van der Waals surface area contributed by atoms with E-state index in [2.05, 4.69) is 5.32 Å². The molecule has 0 radical (unpaired) electrons. The van der Waals surface area contributed by atoms with Crippen LogP contribution in [0.1, 0.15) is 37.7 Å². The molecule has 1 saturated heterocycles. The maximum Gasteiger partial charge on any atom is 0.325 e. The molecule has 0 atom stereocenters. The Bertz CT molecular complexity index is 789. The SMILES string of the molecule is O=C(CN1C(=O)NC2(CCCCC2)C1=O)NCC(F)(F)c1cc(F)cc(F)c1. The first-order chi connectivity index (χ1) is 13.1. The average Bonchev–Trinajstić information content (AvgIpc) is 2.84. The van der Waals surface area contributed by atoms with E-state index in [1.807, 2.05) is 5.32 Å². The van der Waals surface area contributed by atoms with Gasteiger partial charge < -0.3 is 10.6 Å². The Hall–Kier alpha value is -2.65. The van der Waals surface area contributed by atoms with E-state index >= 15 is 0 Å². The van der Waals surface area contributed by atoms with Gasteiger partial charge in [-0.15, -0.1) is 0 Å². The van der Waals surface area contributed by atoms with Crippen LogP contribution in [-0.4, -0.2) is 41.4 Å². The molecule has 152 valence electrons. The molecule has 1 aromatic carbocycles. The van der Waals surface area contributed by atoms with Gasteiger partial charge in [0.15, 0.2) is 0 Å². The number of alkyl halides is 2. The standard InChI is InChI=1S/C18H19F4N3O3/c19-12-6-11(7-13(20)8-12)18(21,22)10-23-14(26)9-25-15(27)17(24-16(25)28)4-2-1-3-5-17/h6-8H,1-5,9-10H2,(H,23,26)(H,24,28). The second-order valence-electron chi connectivity index (χ2n) is 7.10. The van der Waals surface area contributed by atoms with Crippen molar-refractivity contribution in [1.29, 1.82) is 0 Å². The molecule has 28 heavy (non-hydrogen) atoms. The summed E-state index contributed by atoms with van der Waals surface area (Å²) in [5.74, 6) is -7.59. The van der Waals surface area contributed by atoms with Crippen molar-refractivity contribution in [1.82, 2.24) is 15.5 Å². The Morgan fingerprint density at radius 2 is 1.71 bits per heavy atom. The fourth-order valence-corrected chi connectivity index (χ4v) is 3.59. The number of carbonyl (C=O) groups excluding carboxylic acids is 3. The highest BCUT2D eigenvalue weighted by molar-refractivity contribution is 6.09. The third-order valence-electron chi connectivity index (χ3n) is 5.05. The predicted octanol–water partition coefficient (Wildman–Crippen LogP) is 2.43. The molecule has 0 aromatic heterocycles. The van der Waals surface area contributed by atoms with Crippen LogP contribution in [0.15, 0.2) is 18.2 Å². The van der Waals surface area contributed by atoms with Gasteiger partial charge in [0, 0.05) is 11.6 Å². The maximum atomic E-state index is 14.1. The van der Waals surface area contributed by atoms with Crippen molar-refractivity contribution in [3.63, 3.8) is 0 Å². The van der Waals surface area contributed by atoms with E-state index in [-0.39, 0.29) is 0 Å². The molecule has 0 unspecified atom stereocenters. The first-order valence-corrected chi connectivity index (χ1v) is 8.88. The molecule has 1 saturated carbocycles. The topological polar surface area (TPSA) is 78.5 Å². The summed E-state index contributed by atoms with van der Waals surface area (Å²) in [7, 11) is 0. The van der Waals surface area contributed by atoms with E-state index < -0.39 is 59.6 Å². The number of nitrogens with one attached hydrogen (secondary N) is 2. The summed E-state index contributed by atoms with van der Waals surface area (Å²) < 4.78 is 54.5. The smallest absolute Gasteiger partial charge is 0.325 e. The van der Waals surface area contributed by atoms with Gasteiger partial charge in [-0.3, -0.25) is 14.5 Å². The molecule has 2 aliphatic rings. The van der Waals surface area contributed by atoms with Crippen LogP contribution in [-0.2, 0) is 15.5 Å². The number of benzene rings is 1. The molecular formula is C18H19F4N3O3. The van der Waals surface area contributed by atoms with Gasteiger partial charge in [-0.1, -0.05) is 19.3 Å². The van der Waals surface area contributed by atoms with Crippen LogP contribution >= 0.6 is 0 Å². The van der Waals surface area contributed by atoms with Gasteiger partial charge in [-0.05, 0) is 25.0 Å². The lowest BCUT2D eigenvalue weighted by Gasteiger charge is -2.30. The largest absolute Gasteiger partial charge is 0.348 e. The molecule has 4 amide bonds. The minimum Gasteiger partial charge on any atom is -0.348 e. The van der Waals surface area contributed by atoms with Crippen molar-refractivity contribution in [2.24, 2.45) is 0 Å². The van der Waals surface area contributed by atoms with Crippen molar-refractivity contribution in [2.75, 3.05) is 13.1 Å². The minimum atomic E-state index is -3.74. The van der Waals surface area contributed by atoms with Gasteiger partial charge in [-0.2, -0.15) is 8.78 Å². The number of imide groups is 1. The molecule has 6 nitrogen and oxygen atoms in total. The molecule has 1 spiro atoms. The number of carbonyl (C=O) groups is 3. The molecule has 1 aliphatic heterocycles. The minimum absolute atomic E-state index is 0.455. The van der Waals surface area contributed by atoms with Crippen molar-refractivity contribution in [3.05, 3.63) is 35.4 Å². The molecule has 0 bridgehead atoms. The van der Waals surface area contributed by atoms with Crippen LogP contribution in [0.3, 0.4) is 0 Å². The third-order valence-corrected chi connectivity index (χ3v) is 5.05. The second kappa shape index (κ2) is 7.40. The van der Waals surface area contributed by atoms with Gasteiger partial charge in [0.25, 0.3) is 11.8 Å². The summed E-state index contributed by atoms with van der Waals surface area (Å²) in [5, 5.41) is 4.52. The normalized spacial score (nSPS) is 19.1. The summed E-state index contributed by atoms with van der Waals surface area (Å²) in [4.78, 5) is 37.3. The van der Waals surface area contributed by atoms with Crippen molar-refractivity contribution >= 4 is 17.8 Å². The van der Waals surface area contributed by atoms with E-state index in [0.29, 0.717) is 35.9 Å². The zero-order valence-corrected chi connectivity index (χ0v) is 14.9. The number of halogens is 4. The van der Waals surface area contributed by atoms with Gasteiger partial charge in [0.05, 0.1) is 6.54 Å². The lowest BCUT2D eigenvalue weighted by molar-refractivity contribution is -0.136. The number of urea groups is 1. The summed E-state index contributed by atoms with van der Waals surface area (Å²) in [5.41, 5.74) is -1.94. The molecular weight excluding hydrogens is 382 g/mol. The van der Waals surface area contributed by atoms with Crippen molar-refractivity contribution in [2.45, 2.75) is 43.6 Å². The van der Waals surface area contributed by atoms with Crippen LogP contribution in [0, 0.1) is 11.6 Å². The number of nitrogens with zero attached hydrogens (tertiary/aromatic N) is 1. The quantitative estimate of drug-likeness (QED) is 0.588. The van der Waals surface area contributed by atoms with Crippen LogP contribution in [0.2, 0.25) is 0 Å². The molecule has 10 heteroatoms. The fourth-order valence-electron chi connectivity index (χ4n) is 3.59. The highest BCUT2D eigenvalue weighted by Crippen LogP contribution is 2.33. The predicted molar refractivity (Wildman–Crippen MR) is 89.3 cm³/mol. The molecule has 2 N–H and O–H groups in total. The second-order valence-corrected chi connectivity index (χ2v) is 7.10. The summed E-state index contributed by atoms with van der Waals surface area (Å²) >= 11 is 0. The van der Waals surface area contributed by atoms with E-state index in [9.17, 15) is 31.9 Å². The Balaban J connectivity index is 1.61. The summed E-state index contributed by atoms with van der Waals surface area (Å²) in [6.07, 6.45) is 3.42. The van der Waals surface area contributed by atoms with Gasteiger partial charge in [0.1, 0.15) is 23.7 Å². The number of amides is 4. The number of hydrogen-bond acceptors (Lipinski definition) is 3. The third kappa shape index (κ3) is 3.95. The Morgan fingerprint density at radius 1 is 1.11 bits per heavy atom. The van der Waals surface area contributed by atoms with Crippen LogP contribution < -0.4 is 10.6 Å². The molecule has 2 fully saturated rings. The Labute approximate surface area is 158 Å². The van der Waals surface area contributed by atoms with Crippen LogP contribution in [0.4, 0.5) is 22.4 Å². The monoisotopic (exact) mass is 401 g/mol. The van der Waals surface area contributed by atoms with Gasteiger partial charge in [-0.25, -0.2) is 13.6 Å². The molecule has 1 aromatic rings. The van der Waals surface area contributed by atoms with Gasteiger partial charge in [0.2, 0.25) is 5.91 Å². The highest BCUT2D eigenvalue weighted by atomic mass is 19.3. The van der Waals surface area contributed by atoms with Crippen molar-refractivity contribution in [3.8, 4) is 0 Å². The van der Waals surface area contributed by atoms with Gasteiger partial charge >= 0.3 is 6.03 Å². The molecule has 1 heterocycles. The zero-order valence-electron chi connectivity index (χ0n) is 14.9. The van der Waals surface area contributed by atoms with E-state index in [1.54, 1.807) is 0 Å². The van der Waals surface area contributed by atoms with Crippen LogP contribution in [0.5, 0.6) is 0 Å². The first-order valence-electron chi connectivity index (χ1n) is 8.88. The van der Waals surface area contributed by atoms with E-state index in [1.165, 1.54) is 0 Å². The molecule has 1 aliphatic carbocycles. The zero-order chi connectivity index (χ0) is 20.5. The Morgan fingerprint density at radius 3 is 2.32 bits per heavy atom. The summed E-state index contributed by atoms with van der Waals surface area (Å²) in [6.45, 7) is -1.94. The number of rotatable bonds is 5. The lowest BCUT2D eigenvalue weighted by Crippen LogP contribution is -2.49. The van der Waals surface area contributed by atoms with E-state index in [0.717, 1.165) is 19.3 Å². The maximum absolute atomic E-state index is 14.1. The lowest BCUT2D eigenvalue weighted by atomic mass is 9.82. The Kier molecular flexibility index (Phi) is 5.31. The first kappa shape index (κ1) is 20.1. The number of hydrogen-bond donors (Lipinski definition) is 2. The fraction of sp³-hybridized carbons (Fsp3) is 0.500. The summed E-state index contributed by atoms with van der Waals surface area (Å²) in [6, 6.07) is 0.664. The highest BCUT2D eigenvalue weighted by Gasteiger charge is 2.51. The van der Waals surface area contributed by atoms with Crippen LogP contribution in [0.25, 0.3) is 0 Å². The average molecular weight is 401 g/mol. The molecule has 3 rings (SSSR count). The van der Waals surface area contributed by atoms with Crippen molar-refractivity contribution < 1.29 is 31.9 Å². The van der Waals surface area contributed by atoms with E-state index in [4.69, 9.17) is 0 Å².